The SMILES string of the molecule is CCOC(=O)c1n[nH]nc1-c1cccc(OCCN2CC(C)CC(C)C2)c1. The lowest BCUT2D eigenvalue weighted by Crippen LogP contribution is -2.40. The third-order valence-electron chi connectivity index (χ3n) is 4.74. The lowest BCUT2D eigenvalue weighted by Gasteiger charge is -2.34. The topological polar surface area (TPSA) is 80.3 Å². The highest BCUT2D eigenvalue weighted by molar-refractivity contribution is 5.93. The normalized spacial score (nSPS) is 20.4. The Morgan fingerprint density at radius 1 is 1.26 bits per heavy atom. The van der Waals surface area contributed by atoms with Crippen LogP contribution in [-0.4, -0.2) is 59.1 Å². The number of H-pyrrole nitrogens is 1. The van der Waals surface area contributed by atoms with Gasteiger partial charge < -0.3 is 9.47 Å². The van der Waals surface area contributed by atoms with Crippen LogP contribution in [0.4, 0.5) is 0 Å². The first-order valence-electron chi connectivity index (χ1n) is 9.60. The number of rotatable bonds is 7. The zero-order chi connectivity index (χ0) is 19.2. The number of benzene rings is 1. The van der Waals surface area contributed by atoms with E-state index in [0.29, 0.717) is 18.9 Å². The van der Waals surface area contributed by atoms with Gasteiger partial charge in [-0.1, -0.05) is 26.0 Å². The molecule has 1 aromatic carbocycles. The number of carbonyl (C=O) groups excluding carboxylic acids is 1. The quantitative estimate of drug-likeness (QED) is 0.753. The molecular weight excluding hydrogens is 344 g/mol. The molecule has 2 heterocycles. The number of aromatic nitrogens is 3. The van der Waals surface area contributed by atoms with Crippen LogP contribution in [0.5, 0.6) is 5.75 Å². The molecule has 27 heavy (non-hydrogen) atoms. The number of carbonyl (C=O) groups is 1. The molecule has 146 valence electrons. The standard InChI is InChI=1S/C20H28N4O3/c1-4-26-20(25)19-18(21-23-22-19)16-6-5-7-17(11-16)27-9-8-24-12-14(2)10-15(3)13-24/h5-7,11,14-15H,4,8-10,12-13H2,1-3H3,(H,21,22,23). The van der Waals surface area contributed by atoms with E-state index < -0.39 is 5.97 Å². The smallest absolute Gasteiger partial charge is 0.361 e. The molecule has 1 fully saturated rings. The van der Waals surface area contributed by atoms with Gasteiger partial charge in [-0.05, 0) is 37.3 Å². The number of piperidine rings is 1. The monoisotopic (exact) mass is 372 g/mol. The van der Waals surface area contributed by atoms with E-state index >= 15 is 0 Å². The van der Waals surface area contributed by atoms with Gasteiger partial charge in [0.05, 0.1) is 6.61 Å². The van der Waals surface area contributed by atoms with Gasteiger partial charge in [-0.2, -0.15) is 10.3 Å². The van der Waals surface area contributed by atoms with Crippen LogP contribution < -0.4 is 4.74 Å². The van der Waals surface area contributed by atoms with Gasteiger partial charge in [-0.25, -0.2) is 4.79 Å². The zero-order valence-electron chi connectivity index (χ0n) is 16.3. The molecule has 1 aliphatic heterocycles. The fourth-order valence-electron chi connectivity index (χ4n) is 3.77. The number of hydrogen-bond acceptors (Lipinski definition) is 6. The van der Waals surface area contributed by atoms with Crippen LogP contribution in [-0.2, 0) is 4.74 Å². The van der Waals surface area contributed by atoms with Gasteiger partial charge in [0.1, 0.15) is 18.1 Å². The Labute approximate surface area is 160 Å². The van der Waals surface area contributed by atoms with Crippen LogP contribution in [0.3, 0.4) is 0 Å². The molecule has 7 nitrogen and oxygen atoms in total. The lowest BCUT2D eigenvalue weighted by atomic mass is 9.92. The molecule has 0 bridgehead atoms. The molecule has 7 heteroatoms. The Morgan fingerprint density at radius 2 is 2.04 bits per heavy atom. The highest BCUT2D eigenvalue weighted by Gasteiger charge is 2.22. The summed E-state index contributed by atoms with van der Waals surface area (Å²) in [6, 6.07) is 7.55. The maximum atomic E-state index is 12.0. The number of hydrogen-bond donors (Lipinski definition) is 1. The molecule has 0 aliphatic carbocycles. The van der Waals surface area contributed by atoms with Crippen LogP contribution in [0, 0.1) is 11.8 Å². The van der Waals surface area contributed by atoms with Crippen LogP contribution in [0.25, 0.3) is 11.3 Å². The first-order chi connectivity index (χ1) is 13.1. The summed E-state index contributed by atoms with van der Waals surface area (Å²) in [6.45, 7) is 10.5. The summed E-state index contributed by atoms with van der Waals surface area (Å²) < 4.78 is 11.0. The maximum Gasteiger partial charge on any atom is 0.361 e. The van der Waals surface area contributed by atoms with Crippen molar-refractivity contribution in [1.29, 1.82) is 0 Å². The minimum atomic E-state index is -0.485. The maximum absolute atomic E-state index is 12.0. The number of esters is 1. The second-order valence-electron chi connectivity index (χ2n) is 7.32. The van der Waals surface area contributed by atoms with Crippen LogP contribution >= 0.6 is 0 Å². The molecule has 0 amide bonds. The van der Waals surface area contributed by atoms with Crippen LogP contribution in [0.1, 0.15) is 37.7 Å². The Kier molecular flexibility index (Phi) is 6.45. The van der Waals surface area contributed by atoms with Crippen molar-refractivity contribution in [3.63, 3.8) is 0 Å². The van der Waals surface area contributed by atoms with Gasteiger partial charge in [0.2, 0.25) is 0 Å². The van der Waals surface area contributed by atoms with Crippen molar-refractivity contribution in [2.75, 3.05) is 32.8 Å². The van der Waals surface area contributed by atoms with Crippen molar-refractivity contribution >= 4 is 5.97 Å². The fourth-order valence-corrected chi connectivity index (χ4v) is 3.77. The van der Waals surface area contributed by atoms with Crippen molar-refractivity contribution in [1.82, 2.24) is 20.3 Å². The molecule has 3 rings (SSSR count). The zero-order valence-corrected chi connectivity index (χ0v) is 16.3. The summed E-state index contributed by atoms with van der Waals surface area (Å²) in [4.78, 5) is 14.5. The number of nitrogens with one attached hydrogen (secondary N) is 1. The third kappa shape index (κ3) is 5.07. The van der Waals surface area contributed by atoms with E-state index in [1.807, 2.05) is 24.3 Å². The summed E-state index contributed by atoms with van der Waals surface area (Å²) in [5, 5.41) is 10.5. The van der Waals surface area contributed by atoms with E-state index in [2.05, 4.69) is 34.2 Å². The summed E-state index contributed by atoms with van der Waals surface area (Å²) in [7, 11) is 0. The number of ether oxygens (including phenoxy) is 2. The highest BCUT2D eigenvalue weighted by atomic mass is 16.5. The van der Waals surface area contributed by atoms with Crippen molar-refractivity contribution < 1.29 is 14.3 Å². The summed E-state index contributed by atoms with van der Waals surface area (Å²) in [5.74, 6) is 1.75. The Balaban J connectivity index is 1.61. The molecular formula is C20H28N4O3. The average Bonchev–Trinajstić information content (AvgIpc) is 3.11. The minimum Gasteiger partial charge on any atom is -0.492 e. The van der Waals surface area contributed by atoms with E-state index in [0.717, 1.165) is 42.8 Å². The molecule has 2 aromatic rings. The lowest BCUT2D eigenvalue weighted by molar-refractivity contribution is 0.0520. The predicted molar refractivity (Wildman–Crippen MR) is 103 cm³/mol. The van der Waals surface area contributed by atoms with Gasteiger partial charge in [0, 0.05) is 25.2 Å². The molecule has 0 radical (unpaired) electrons. The van der Waals surface area contributed by atoms with Crippen LogP contribution in [0.15, 0.2) is 24.3 Å². The Hall–Kier alpha value is -2.41. The van der Waals surface area contributed by atoms with E-state index in [1.54, 1.807) is 6.92 Å². The van der Waals surface area contributed by atoms with Gasteiger partial charge in [-0.3, -0.25) is 4.90 Å². The molecule has 2 atom stereocenters. The van der Waals surface area contributed by atoms with Gasteiger partial charge in [0.15, 0.2) is 5.69 Å². The average molecular weight is 372 g/mol. The molecule has 1 saturated heterocycles. The second-order valence-corrected chi connectivity index (χ2v) is 7.32. The van der Waals surface area contributed by atoms with E-state index in [-0.39, 0.29) is 5.69 Å². The fraction of sp³-hybridized carbons (Fsp3) is 0.550. The van der Waals surface area contributed by atoms with Crippen molar-refractivity contribution in [3.05, 3.63) is 30.0 Å². The largest absolute Gasteiger partial charge is 0.492 e. The summed E-state index contributed by atoms with van der Waals surface area (Å²) >= 11 is 0. The molecule has 0 spiro atoms. The molecule has 1 aromatic heterocycles. The van der Waals surface area contributed by atoms with E-state index in [9.17, 15) is 4.79 Å². The van der Waals surface area contributed by atoms with Crippen LogP contribution in [0.2, 0.25) is 0 Å². The first-order valence-corrected chi connectivity index (χ1v) is 9.60. The van der Waals surface area contributed by atoms with Crippen molar-refractivity contribution in [2.45, 2.75) is 27.2 Å². The Bertz CT molecular complexity index is 751. The Morgan fingerprint density at radius 3 is 2.78 bits per heavy atom. The second kappa shape index (κ2) is 8.99. The molecule has 1 N–H and O–H groups in total. The number of likely N-dealkylation sites (tertiary alicyclic amines) is 1. The van der Waals surface area contributed by atoms with Gasteiger partial charge >= 0.3 is 5.97 Å². The summed E-state index contributed by atoms with van der Waals surface area (Å²) in [5.41, 5.74) is 1.42. The van der Waals surface area contributed by atoms with E-state index in [1.165, 1.54) is 6.42 Å². The third-order valence-corrected chi connectivity index (χ3v) is 4.74. The predicted octanol–water partition coefficient (Wildman–Crippen LogP) is 3.01. The minimum absolute atomic E-state index is 0.185. The molecule has 2 unspecified atom stereocenters. The summed E-state index contributed by atoms with van der Waals surface area (Å²) in [6.07, 6.45) is 1.31. The van der Waals surface area contributed by atoms with Gasteiger partial charge in [-0.15, -0.1) is 5.10 Å². The highest BCUT2D eigenvalue weighted by Crippen LogP contribution is 2.25. The van der Waals surface area contributed by atoms with Gasteiger partial charge in [0.25, 0.3) is 0 Å². The molecule has 1 aliphatic rings. The first kappa shape index (κ1) is 19.4. The number of aromatic amines is 1. The van der Waals surface area contributed by atoms with Crippen molar-refractivity contribution in [3.8, 4) is 17.0 Å². The molecule has 0 saturated carbocycles. The van der Waals surface area contributed by atoms with Crippen molar-refractivity contribution in [2.24, 2.45) is 11.8 Å². The number of nitrogens with zero attached hydrogens (tertiary/aromatic N) is 3. The van der Waals surface area contributed by atoms with E-state index in [4.69, 9.17) is 9.47 Å².